The SMILES string of the molecule is CCNC(CN(C)c1ccccc1)C(C)C. The maximum atomic E-state index is 3.54. The molecule has 0 heterocycles. The van der Waals surface area contributed by atoms with E-state index in [-0.39, 0.29) is 0 Å². The number of para-hydroxylation sites is 1. The van der Waals surface area contributed by atoms with Crippen LogP contribution in [0, 0.1) is 5.92 Å². The van der Waals surface area contributed by atoms with Gasteiger partial charge in [-0.2, -0.15) is 0 Å². The van der Waals surface area contributed by atoms with Gasteiger partial charge in [0.2, 0.25) is 0 Å². The van der Waals surface area contributed by atoms with Crippen LogP contribution in [0.1, 0.15) is 20.8 Å². The van der Waals surface area contributed by atoms with E-state index < -0.39 is 0 Å². The van der Waals surface area contributed by atoms with Crippen molar-refractivity contribution in [3.8, 4) is 0 Å². The molecule has 0 saturated heterocycles. The monoisotopic (exact) mass is 220 g/mol. The standard InChI is InChI=1S/C14H24N2/c1-5-15-14(12(2)3)11-16(4)13-9-7-6-8-10-13/h6-10,12,14-15H,5,11H2,1-4H3. The maximum absolute atomic E-state index is 3.54. The zero-order valence-corrected chi connectivity index (χ0v) is 10.9. The number of rotatable bonds is 6. The van der Waals surface area contributed by atoms with E-state index in [1.807, 2.05) is 0 Å². The van der Waals surface area contributed by atoms with Crippen LogP contribution in [0.2, 0.25) is 0 Å². The second kappa shape index (κ2) is 6.54. The highest BCUT2D eigenvalue weighted by Crippen LogP contribution is 2.13. The summed E-state index contributed by atoms with van der Waals surface area (Å²) in [6.07, 6.45) is 0. The van der Waals surface area contributed by atoms with Crippen molar-refractivity contribution in [3.05, 3.63) is 30.3 Å². The van der Waals surface area contributed by atoms with Gasteiger partial charge >= 0.3 is 0 Å². The normalized spacial score (nSPS) is 12.8. The van der Waals surface area contributed by atoms with Crippen LogP contribution in [0.3, 0.4) is 0 Å². The average molecular weight is 220 g/mol. The smallest absolute Gasteiger partial charge is 0.0364 e. The Kier molecular flexibility index (Phi) is 5.33. The van der Waals surface area contributed by atoms with Crippen LogP contribution in [0.25, 0.3) is 0 Å². The molecule has 0 amide bonds. The van der Waals surface area contributed by atoms with Gasteiger partial charge in [-0.1, -0.05) is 39.0 Å². The molecular formula is C14H24N2. The highest BCUT2D eigenvalue weighted by molar-refractivity contribution is 5.45. The van der Waals surface area contributed by atoms with E-state index in [0.717, 1.165) is 13.1 Å². The molecule has 1 N–H and O–H groups in total. The third kappa shape index (κ3) is 3.86. The van der Waals surface area contributed by atoms with Crippen molar-refractivity contribution in [2.45, 2.75) is 26.8 Å². The van der Waals surface area contributed by atoms with Crippen LogP contribution in [-0.4, -0.2) is 26.2 Å². The second-order valence-corrected chi connectivity index (χ2v) is 4.62. The van der Waals surface area contributed by atoms with Gasteiger partial charge < -0.3 is 10.2 Å². The predicted octanol–water partition coefficient (Wildman–Crippen LogP) is 2.76. The Morgan fingerprint density at radius 3 is 2.31 bits per heavy atom. The zero-order valence-electron chi connectivity index (χ0n) is 10.9. The fourth-order valence-electron chi connectivity index (χ4n) is 1.86. The number of anilines is 1. The van der Waals surface area contributed by atoms with Crippen molar-refractivity contribution in [1.29, 1.82) is 0 Å². The summed E-state index contributed by atoms with van der Waals surface area (Å²) < 4.78 is 0. The van der Waals surface area contributed by atoms with E-state index in [0.29, 0.717) is 12.0 Å². The molecular weight excluding hydrogens is 196 g/mol. The lowest BCUT2D eigenvalue weighted by Crippen LogP contribution is -2.43. The average Bonchev–Trinajstić information content (AvgIpc) is 2.29. The molecule has 0 radical (unpaired) electrons. The van der Waals surface area contributed by atoms with Crippen LogP contribution in [0.5, 0.6) is 0 Å². The Hall–Kier alpha value is -1.02. The number of nitrogens with one attached hydrogen (secondary N) is 1. The van der Waals surface area contributed by atoms with Crippen molar-refractivity contribution in [3.63, 3.8) is 0 Å². The third-order valence-corrected chi connectivity index (χ3v) is 2.94. The minimum Gasteiger partial charge on any atom is -0.373 e. The Morgan fingerprint density at radius 2 is 1.81 bits per heavy atom. The van der Waals surface area contributed by atoms with Gasteiger partial charge in [0.1, 0.15) is 0 Å². The summed E-state index contributed by atoms with van der Waals surface area (Å²) in [7, 11) is 2.15. The quantitative estimate of drug-likeness (QED) is 0.793. The van der Waals surface area contributed by atoms with Crippen molar-refractivity contribution < 1.29 is 0 Å². The van der Waals surface area contributed by atoms with Gasteiger partial charge in [0, 0.05) is 25.3 Å². The largest absolute Gasteiger partial charge is 0.373 e. The molecule has 0 aliphatic rings. The molecule has 0 aliphatic heterocycles. The molecule has 2 heteroatoms. The van der Waals surface area contributed by atoms with Crippen molar-refractivity contribution in [1.82, 2.24) is 5.32 Å². The molecule has 0 saturated carbocycles. The minimum atomic E-state index is 0.551. The van der Waals surface area contributed by atoms with E-state index >= 15 is 0 Å². The first-order chi connectivity index (χ1) is 7.65. The van der Waals surface area contributed by atoms with Crippen molar-refractivity contribution in [2.75, 3.05) is 25.0 Å². The number of hydrogen-bond donors (Lipinski definition) is 1. The lowest BCUT2D eigenvalue weighted by Gasteiger charge is -2.28. The fourth-order valence-corrected chi connectivity index (χ4v) is 1.86. The van der Waals surface area contributed by atoms with E-state index in [9.17, 15) is 0 Å². The molecule has 0 aromatic heterocycles. The molecule has 0 aliphatic carbocycles. The Bertz CT molecular complexity index is 282. The first kappa shape index (κ1) is 13.0. The van der Waals surface area contributed by atoms with Crippen LogP contribution in [-0.2, 0) is 0 Å². The summed E-state index contributed by atoms with van der Waals surface area (Å²) in [6.45, 7) is 8.79. The van der Waals surface area contributed by atoms with E-state index in [2.05, 4.69) is 68.4 Å². The highest BCUT2D eigenvalue weighted by atomic mass is 15.1. The summed E-state index contributed by atoms with van der Waals surface area (Å²) in [6, 6.07) is 11.1. The fraction of sp³-hybridized carbons (Fsp3) is 0.571. The Balaban J connectivity index is 2.58. The van der Waals surface area contributed by atoms with Gasteiger partial charge in [0.05, 0.1) is 0 Å². The number of likely N-dealkylation sites (N-methyl/N-ethyl adjacent to an activating group) is 2. The molecule has 1 rings (SSSR count). The summed E-state index contributed by atoms with van der Waals surface area (Å²) in [5.74, 6) is 0.658. The van der Waals surface area contributed by atoms with Crippen LogP contribution in [0.15, 0.2) is 30.3 Å². The van der Waals surface area contributed by atoms with E-state index in [1.54, 1.807) is 0 Å². The molecule has 1 aromatic rings. The molecule has 2 nitrogen and oxygen atoms in total. The Labute approximate surface area is 99.7 Å². The number of hydrogen-bond acceptors (Lipinski definition) is 2. The Morgan fingerprint density at radius 1 is 1.19 bits per heavy atom. The lowest BCUT2D eigenvalue weighted by atomic mass is 10.0. The van der Waals surface area contributed by atoms with Gasteiger partial charge in [0.15, 0.2) is 0 Å². The third-order valence-electron chi connectivity index (χ3n) is 2.94. The second-order valence-electron chi connectivity index (χ2n) is 4.62. The molecule has 1 aromatic carbocycles. The minimum absolute atomic E-state index is 0.551. The maximum Gasteiger partial charge on any atom is 0.0364 e. The van der Waals surface area contributed by atoms with Gasteiger partial charge in [0.25, 0.3) is 0 Å². The van der Waals surface area contributed by atoms with Crippen molar-refractivity contribution in [2.24, 2.45) is 5.92 Å². The molecule has 90 valence electrons. The van der Waals surface area contributed by atoms with Gasteiger partial charge in [-0.3, -0.25) is 0 Å². The highest BCUT2D eigenvalue weighted by Gasteiger charge is 2.14. The predicted molar refractivity (Wildman–Crippen MR) is 72.0 cm³/mol. The summed E-state index contributed by atoms with van der Waals surface area (Å²) in [4.78, 5) is 2.31. The van der Waals surface area contributed by atoms with Crippen LogP contribution >= 0.6 is 0 Å². The van der Waals surface area contributed by atoms with E-state index in [1.165, 1.54) is 5.69 Å². The first-order valence-corrected chi connectivity index (χ1v) is 6.14. The lowest BCUT2D eigenvalue weighted by molar-refractivity contribution is 0.410. The molecule has 1 unspecified atom stereocenters. The topological polar surface area (TPSA) is 15.3 Å². The number of benzene rings is 1. The molecule has 16 heavy (non-hydrogen) atoms. The summed E-state index contributed by atoms with van der Waals surface area (Å²) in [5, 5.41) is 3.54. The number of nitrogens with zero attached hydrogens (tertiary/aromatic N) is 1. The summed E-state index contributed by atoms with van der Waals surface area (Å²) in [5.41, 5.74) is 1.28. The molecule has 1 atom stereocenters. The van der Waals surface area contributed by atoms with Gasteiger partial charge in [-0.25, -0.2) is 0 Å². The molecule has 0 bridgehead atoms. The van der Waals surface area contributed by atoms with E-state index in [4.69, 9.17) is 0 Å². The van der Waals surface area contributed by atoms with Gasteiger partial charge in [-0.05, 0) is 24.6 Å². The zero-order chi connectivity index (χ0) is 12.0. The first-order valence-electron chi connectivity index (χ1n) is 6.14. The molecule has 0 spiro atoms. The van der Waals surface area contributed by atoms with Gasteiger partial charge in [-0.15, -0.1) is 0 Å². The summed E-state index contributed by atoms with van der Waals surface area (Å²) >= 11 is 0. The van der Waals surface area contributed by atoms with Crippen LogP contribution < -0.4 is 10.2 Å². The van der Waals surface area contributed by atoms with Crippen LogP contribution in [0.4, 0.5) is 5.69 Å². The molecule has 0 fully saturated rings. The van der Waals surface area contributed by atoms with Crippen molar-refractivity contribution >= 4 is 5.69 Å².